The molecule has 3 aliphatic rings. The Bertz CT molecular complexity index is 578. The predicted octanol–water partition coefficient (Wildman–Crippen LogP) is 0.478. The molecule has 0 unspecified atom stereocenters. The van der Waals surface area contributed by atoms with E-state index in [1.54, 1.807) is 4.90 Å². The number of ether oxygens (including phenoxy) is 1. The normalized spacial score (nSPS) is 31.8. The van der Waals surface area contributed by atoms with Crippen molar-refractivity contribution in [2.45, 2.75) is 32.8 Å². The van der Waals surface area contributed by atoms with Crippen LogP contribution in [-0.2, 0) is 14.8 Å². The second kappa shape index (κ2) is 5.60. The van der Waals surface area contributed by atoms with Crippen molar-refractivity contribution in [2.75, 3.05) is 45.0 Å². The minimum absolute atomic E-state index is 0.0267. The van der Waals surface area contributed by atoms with Crippen molar-refractivity contribution in [1.82, 2.24) is 14.5 Å². The lowest BCUT2D eigenvalue weighted by atomic mass is 10.1. The number of sulfonamides is 1. The molecule has 3 fully saturated rings. The van der Waals surface area contributed by atoms with E-state index in [1.807, 2.05) is 20.8 Å². The Morgan fingerprint density at radius 2 is 1.91 bits per heavy atom. The van der Waals surface area contributed by atoms with Crippen molar-refractivity contribution in [2.24, 2.45) is 11.3 Å². The van der Waals surface area contributed by atoms with Crippen LogP contribution in [0.3, 0.4) is 0 Å². The molecule has 23 heavy (non-hydrogen) atoms. The topological polar surface area (TPSA) is 79.0 Å². The zero-order valence-corrected chi connectivity index (χ0v) is 15.0. The average molecular weight is 345 g/mol. The Labute approximate surface area is 138 Å². The molecular formula is C15H27N3O4S. The molecule has 7 nitrogen and oxygen atoms in total. The number of rotatable bonds is 3. The van der Waals surface area contributed by atoms with Crippen LogP contribution >= 0.6 is 0 Å². The summed E-state index contributed by atoms with van der Waals surface area (Å²) < 4.78 is 32.2. The Balaban J connectivity index is 1.53. The first-order valence-corrected chi connectivity index (χ1v) is 9.89. The third-order valence-corrected chi connectivity index (χ3v) is 7.07. The monoisotopic (exact) mass is 345 g/mol. The third-order valence-electron chi connectivity index (χ3n) is 4.98. The predicted molar refractivity (Wildman–Crippen MR) is 86.6 cm³/mol. The first kappa shape index (κ1) is 17.0. The standard InChI is InChI=1S/C15H27N3O4S/c1-14(2,3)22-13(19)17-4-6-18(7-5-17)23(20,21)11-15-8-12(15)9-16-10-15/h12,16H,4-11H2,1-3H3/t12-,15-/m0/s1. The van der Waals surface area contributed by atoms with Gasteiger partial charge in [-0.25, -0.2) is 13.2 Å². The van der Waals surface area contributed by atoms with E-state index in [2.05, 4.69) is 5.32 Å². The van der Waals surface area contributed by atoms with Gasteiger partial charge in [-0.15, -0.1) is 0 Å². The van der Waals surface area contributed by atoms with Gasteiger partial charge in [0, 0.05) is 38.1 Å². The Kier molecular flexibility index (Phi) is 4.13. The summed E-state index contributed by atoms with van der Waals surface area (Å²) in [6, 6.07) is 0. The van der Waals surface area contributed by atoms with Crippen LogP contribution in [0.15, 0.2) is 0 Å². The smallest absolute Gasteiger partial charge is 0.410 e. The van der Waals surface area contributed by atoms with Gasteiger partial charge in [-0.1, -0.05) is 0 Å². The maximum atomic E-state index is 12.6. The fraction of sp³-hybridized carbons (Fsp3) is 0.933. The molecule has 0 aromatic rings. The lowest BCUT2D eigenvalue weighted by Gasteiger charge is -2.35. The van der Waals surface area contributed by atoms with Gasteiger partial charge < -0.3 is 15.0 Å². The number of amides is 1. The number of nitrogens with zero attached hydrogens (tertiary/aromatic N) is 2. The van der Waals surface area contributed by atoms with Gasteiger partial charge in [-0.2, -0.15) is 4.31 Å². The maximum Gasteiger partial charge on any atom is 0.410 e. The molecule has 3 rings (SSSR count). The summed E-state index contributed by atoms with van der Waals surface area (Å²) >= 11 is 0. The van der Waals surface area contributed by atoms with Crippen molar-refractivity contribution in [3.05, 3.63) is 0 Å². The molecule has 1 aliphatic carbocycles. The molecule has 2 aliphatic heterocycles. The van der Waals surface area contributed by atoms with Gasteiger partial charge in [0.05, 0.1) is 5.75 Å². The molecule has 0 radical (unpaired) electrons. The molecule has 0 aromatic carbocycles. The van der Waals surface area contributed by atoms with Crippen LogP contribution in [0, 0.1) is 11.3 Å². The first-order valence-electron chi connectivity index (χ1n) is 8.28. The lowest BCUT2D eigenvalue weighted by molar-refractivity contribution is 0.0192. The zero-order chi connectivity index (χ0) is 16.9. The lowest BCUT2D eigenvalue weighted by Crippen LogP contribution is -2.52. The molecule has 2 atom stereocenters. The van der Waals surface area contributed by atoms with E-state index in [-0.39, 0.29) is 17.3 Å². The van der Waals surface area contributed by atoms with Gasteiger partial charge in [-0.05, 0) is 39.7 Å². The number of carbonyl (C=O) groups excluding carboxylic acids is 1. The summed E-state index contributed by atoms with van der Waals surface area (Å²) in [4.78, 5) is 13.6. The summed E-state index contributed by atoms with van der Waals surface area (Å²) in [5, 5.41) is 3.28. The van der Waals surface area contributed by atoms with E-state index < -0.39 is 15.6 Å². The first-order chi connectivity index (χ1) is 10.6. The number of nitrogens with one attached hydrogen (secondary N) is 1. The highest BCUT2D eigenvalue weighted by atomic mass is 32.2. The number of hydrogen-bond donors (Lipinski definition) is 1. The number of piperidine rings is 1. The molecule has 1 N–H and O–H groups in total. The van der Waals surface area contributed by atoms with Crippen LogP contribution in [0.25, 0.3) is 0 Å². The van der Waals surface area contributed by atoms with E-state index in [0.29, 0.717) is 32.1 Å². The van der Waals surface area contributed by atoms with E-state index in [0.717, 1.165) is 19.5 Å². The van der Waals surface area contributed by atoms with Crippen LogP contribution in [0.2, 0.25) is 0 Å². The van der Waals surface area contributed by atoms with Gasteiger partial charge in [0.15, 0.2) is 0 Å². The Morgan fingerprint density at radius 3 is 2.39 bits per heavy atom. The fourth-order valence-corrected chi connectivity index (χ4v) is 5.67. The molecule has 0 aromatic heterocycles. The molecule has 2 saturated heterocycles. The van der Waals surface area contributed by atoms with Crippen LogP contribution < -0.4 is 5.32 Å². The number of fused-ring (bicyclic) bond motifs is 1. The highest BCUT2D eigenvalue weighted by Crippen LogP contribution is 2.55. The Hall–Kier alpha value is -0.860. The second-order valence-corrected chi connectivity index (χ2v) is 9.99. The molecule has 1 amide bonds. The van der Waals surface area contributed by atoms with Gasteiger partial charge in [0.1, 0.15) is 5.60 Å². The van der Waals surface area contributed by atoms with E-state index in [4.69, 9.17) is 4.74 Å². The number of hydrogen-bond acceptors (Lipinski definition) is 5. The Morgan fingerprint density at radius 1 is 1.26 bits per heavy atom. The molecule has 132 valence electrons. The van der Waals surface area contributed by atoms with Crippen LogP contribution in [0.4, 0.5) is 4.79 Å². The summed E-state index contributed by atoms with van der Waals surface area (Å²) in [5.41, 5.74) is -0.558. The summed E-state index contributed by atoms with van der Waals surface area (Å²) in [7, 11) is -3.25. The van der Waals surface area contributed by atoms with Gasteiger partial charge >= 0.3 is 6.09 Å². The molecule has 8 heteroatoms. The largest absolute Gasteiger partial charge is 0.444 e. The third kappa shape index (κ3) is 3.64. The van der Waals surface area contributed by atoms with Crippen LogP contribution in [0.5, 0.6) is 0 Å². The fourth-order valence-electron chi connectivity index (χ4n) is 3.59. The molecule has 1 saturated carbocycles. The average Bonchev–Trinajstić information content (AvgIpc) is 2.96. The van der Waals surface area contributed by atoms with Crippen molar-refractivity contribution in [1.29, 1.82) is 0 Å². The minimum atomic E-state index is -3.25. The molecule has 2 heterocycles. The summed E-state index contributed by atoms with van der Waals surface area (Å²) in [6.07, 6.45) is 0.660. The molecular weight excluding hydrogens is 318 g/mol. The van der Waals surface area contributed by atoms with Crippen molar-refractivity contribution >= 4 is 16.1 Å². The van der Waals surface area contributed by atoms with Crippen LogP contribution in [-0.4, -0.2) is 74.3 Å². The summed E-state index contributed by atoms with van der Waals surface area (Å²) in [5.74, 6) is 0.768. The molecule has 0 spiro atoms. The van der Waals surface area contributed by atoms with Crippen molar-refractivity contribution in [3.8, 4) is 0 Å². The minimum Gasteiger partial charge on any atom is -0.444 e. The number of carbonyl (C=O) groups is 1. The van der Waals surface area contributed by atoms with Gasteiger partial charge in [0.2, 0.25) is 10.0 Å². The van der Waals surface area contributed by atoms with E-state index in [9.17, 15) is 13.2 Å². The highest BCUT2D eigenvalue weighted by Gasteiger charge is 2.59. The SMILES string of the molecule is CC(C)(C)OC(=O)N1CCN(S(=O)(=O)C[C@]23CNC[C@@H]2C3)CC1. The van der Waals surface area contributed by atoms with E-state index in [1.165, 1.54) is 4.31 Å². The van der Waals surface area contributed by atoms with Gasteiger partial charge in [0.25, 0.3) is 0 Å². The van der Waals surface area contributed by atoms with Crippen molar-refractivity contribution < 1.29 is 17.9 Å². The van der Waals surface area contributed by atoms with Crippen LogP contribution in [0.1, 0.15) is 27.2 Å². The zero-order valence-electron chi connectivity index (χ0n) is 14.2. The second-order valence-electron chi connectivity index (χ2n) is 8.02. The summed E-state index contributed by atoms with van der Waals surface area (Å²) in [6.45, 7) is 8.74. The van der Waals surface area contributed by atoms with Gasteiger partial charge in [-0.3, -0.25) is 0 Å². The van der Waals surface area contributed by atoms with E-state index >= 15 is 0 Å². The quantitative estimate of drug-likeness (QED) is 0.805. The van der Waals surface area contributed by atoms with Crippen molar-refractivity contribution in [3.63, 3.8) is 0 Å². The highest BCUT2D eigenvalue weighted by molar-refractivity contribution is 7.89. The molecule has 0 bridgehead atoms. The number of piperazine rings is 1. The maximum absolute atomic E-state index is 12.6.